The van der Waals surface area contributed by atoms with Crippen molar-refractivity contribution in [1.82, 2.24) is 0 Å². The first kappa shape index (κ1) is 18.2. The summed E-state index contributed by atoms with van der Waals surface area (Å²) in [5, 5.41) is 0. The SMILES string of the molecule is CCC1CCC(C(=O)OC2CCC(CC/C=C/C=O)CC2)CC1. The van der Waals surface area contributed by atoms with Gasteiger partial charge in [-0.3, -0.25) is 9.59 Å². The van der Waals surface area contributed by atoms with Crippen molar-refractivity contribution in [3.8, 4) is 0 Å². The average Bonchev–Trinajstić information content (AvgIpc) is 2.60. The molecule has 3 heteroatoms. The minimum Gasteiger partial charge on any atom is -0.462 e. The Bertz CT molecular complexity index is 386. The third-order valence-electron chi connectivity index (χ3n) is 5.79. The summed E-state index contributed by atoms with van der Waals surface area (Å²) in [4.78, 5) is 22.6. The molecule has 0 unspecified atom stereocenters. The van der Waals surface area contributed by atoms with Gasteiger partial charge >= 0.3 is 5.97 Å². The van der Waals surface area contributed by atoms with Crippen LogP contribution in [0.4, 0.5) is 0 Å². The van der Waals surface area contributed by atoms with E-state index in [9.17, 15) is 9.59 Å². The van der Waals surface area contributed by atoms with Gasteiger partial charge in [0.1, 0.15) is 12.4 Å². The molecule has 0 aromatic rings. The standard InChI is InChI=1S/C20H32O3/c1-2-16-7-11-18(12-8-16)20(22)23-19-13-9-17(10-14-19)6-4-3-5-15-21/h3,5,15-19H,2,4,6-14H2,1H3/b5-3+. The Morgan fingerprint density at radius 1 is 1.00 bits per heavy atom. The van der Waals surface area contributed by atoms with E-state index in [0.29, 0.717) is 0 Å². The molecule has 0 saturated heterocycles. The molecule has 0 amide bonds. The van der Waals surface area contributed by atoms with Crippen LogP contribution in [0.2, 0.25) is 0 Å². The van der Waals surface area contributed by atoms with Gasteiger partial charge in [-0.1, -0.05) is 19.4 Å². The second-order valence-electron chi connectivity index (χ2n) is 7.35. The van der Waals surface area contributed by atoms with Crippen molar-refractivity contribution in [2.45, 2.75) is 83.7 Å². The topological polar surface area (TPSA) is 43.4 Å². The van der Waals surface area contributed by atoms with Crippen molar-refractivity contribution in [3.05, 3.63) is 12.2 Å². The van der Waals surface area contributed by atoms with Gasteiger partial charge in [-0.15, -0.1) is 0 Å². The zero-order chi connectivity index (χ0) is 16.5. The van der Waals surface area contributed by atoms with E-state index in [1.54, 1.807) is 6.08 Å². The molecule has 2 saturated carbocycles. The zero-order valence-corrected chi connectivity index (χ0v) is 14.5. The summed E-state index contributed by atoms with van der Waals surface area (Å²) in [6.45, 7) is 2.25. The minimum absolute atomic E-state index is 0.0666. The number of carbonyl (C=O) groups is 2. The Hall–Kier alpha value is -1.12. The Labute approximate surface area is 140 Å². The van der Waals surface area contributed by atoms with Crippen molar-refractivity contribution >= 4 is 12.3 Å². The Morgan fingerprint density at radius 3 is 2.26 bits per heavy atom. The molecule has 0 bridgehead atoms. The van der Waals surface area contributed by atoms with Crippen LogP contribution in [0.25, 0.3) is 0 Å². The third-order valence-corrected chi connectivity index (χ3v) is 5.79. The van der Waals surface area contributed by atoms with Crippen LogP contribution in [0.5, 0.6) is 0 Å². The highest BCUT2D eigenvalue weighted by atomic mass is 16.5. The van der Waals surface area contributed by atoms with Crippen LogP contribution in [0, 0.1) is 17.8 Å². The fourth-order valence-corrected chi connectivity index (χ4v) is 4.09. The molecule has 0 radical (unpaired) electrons. The fraction of sp³-hybridized carbons (Fsp3) is 0.800. The minimum atomic E-state index is 0.0666. The first-order valence-electron chi connectivity index (χ1n) is 9.53. The largest absolute Gasteiger partial charge is 0.462 e. The number of hydrogen-bond donors (Lipinski definition) is 0. The molecule has 3 nitrogen and oxygen atoms in total. The molecule has 2 aliphatic rings. The monoisotopic (exact) mass is 320 g/mol. The highest BCUT2D eigenvalue weighted by molar-refractivity contribution is 5.72. The maximum atomic E-state index is 12.3. The molecule has 0 aromatic heterocycles. The number of hydrogen-bond acceptors (Lipinski definition) is 3. The second kappa shape index (κ2) is 9.89. The lowest BCUT2D eigenvalue weighted by Gasteiger charge is -2.31. The van der Waals surface area contributed by atoms with Gasteiger partial charge in [-0.05, 0) is 82.1 Å². The number of allylic oxidation sites excluding steroid dienone is 2. The Balaban J connectivity index is 1.63. The molecule has 130 valence electrons. The van der Waals surface area contributed by atoms with E-state index in [4.69, 9.17) is 4.74 Å². The van der Waals surface area contributed by atoms with Crippen molar-refractivity contribution < 1.29 is 14.3 Å². The van der Waals surface area contributed by atoms with Crippen molar-refractivity contribution in [1.29, 1.82) is 0 Å². The number of ether oxygens (including phenoxy) is 1. The molecule has 2 rings (SSSR count). The van der Waals surface area contributed by atoms with Crippen molar-refractivity contribution in [2.75, 3.05) is 0 Å². The van der Waals surface area contributed by atoms with Crippen LogP contribution < -0.4 is 0 Å². The fourth-order valence-electron chi connectivity index (χ4n) is 4.09. The molecule has 23 heavy (non-hydrogen) atoms. The highest BCUT2D eigenvalue weighted by Crippen LogP contribution is 2.33. The molecular formula is C20H32O3. The van der Waals surface area contributed by atoms with E-state index in [0.717, 1.165) is 69.5 Å². The lowest BCUT2D eigenvalue weighted by Crippen LogP contribution is -2.30. The second-order valence-corrected chi connectivity index (χ2v) is 7.35. The van der Waals surface area contributed by atoms with E-state index in [1.807, 2.05) is 6.08 Å². The van der Waals surface area contributed by atoms with Crippen molar-refractivity contribution in [2.24, 2.45) is 17.8 Å². The summed E-state index contributed by atoms with van der Waals surface area (Å²) in [6, 6.07) is 0. The van der Waals surface area contributed by atoms with Gasteiger partial charge < -0.3 is 4.74 Å². The van der Waals surface area contributed by atoms with Crippen LogP contribution in [0.3, 0.4) is 0 Å². The van der Waals surface area contributed by atoms with E-state index in [-0.39, 0.29) is 18.0 Å². The smallest absolute Gasteiger partial charge is 0.309 e. The first-order chi connectivity index (χ1) is 11.2. The Kier molecular flexibility index (Phi) is 7.84. The summed E-state index contributed by atoms with van der Waals surface area (Å²) in [5.41, 5.74) is 0. The number of rotatable bonds is 7. The Morgan fingerprint density at radius 2 is 1.65 bits per heavy atom. The average molecular weight is 320 g/mol. The van der Waals surface area contributed by atoms with Gasteiger partial charge in [-0.2, -0.15) is 0 Å². The quantitative estimate of drug-likeness (QED) is 0.383. The van der Waals surface area contributed by atoms with Gasteiger partial charge in [0.2, 0.25) is 0 Å². The van der Waals surface area contributed by atoms with Crippen LogP contribution >= 0.6 is 0 Å². The van der Waals surface area contributed by atoms with Crippen LogP contribution in [0.15, 0.2) is 12.2 Å². The summed E-state index contributed by atoms with van der Waals surface area (Å²) in [7, 11) is 0. The molecule has 0 N–H and O–H groups in total. The van der Waals surface area contributed by atoms with Crippen LogP contribution in [-0.4, -0.2) is 18.4 Å². The van der Waals surface area contributed by atoms with E-state index in [2.05, 4.69) is 6.92 Å². The van der Waals surface area contributed by atoms with Gasteiger partial charge in [0.15, 0.2) is 0 Å². The molecule has 0 atom stereocenters. The zero-order valence-electron chi connectivity index (χ0n) is 14.5. The summed E-state index contributed by atoms with van der Waals surface area (Å²) < 4.78 is 5.79. The predicted octanol–water partition coefficient (Wildman–Crippen LogP) is 4.84. The maximum Gasteiger partial charge on any atom is 0.309 e. The van der Waals surface area contributed by atoms with E-state index in [1.165, 1.54) is 19.3 Å². The van der Waals surface area contributed by atoms with Gasteiger partial charge in [-0.25, -0.2) is 0 Å². The van der Waals surface area contributed by atoms with Gasteiger partial charge in [0.25, 0.3) is 0 Å². The molecule has 0 aromatic carbocycles. The normalized spacial score (nSPS) is 31.9. The molecule has 0 heterocycles. The molecular weight excluding hydrogens is 288 g/mol. The highest BCUT2D eigenvalue weighted by Gasteiger charge is 2.30. The summed E-state index contributed by atoms with van der Waals surface area (Å²) in [6.07, 6.45) is 16.6. The number of carbonyl (C=O) groups excluding carboxylic acids is 2. The lowest BCUT2D eigenvalue weighted by molar-refractivity contribution is -0.157. The summed E-state index contributed by atoms with van der Waals surface area (Å²) in [5.74, 6) is 1.77. The van der Waals surface area contributed by atoms with E-state index >= 15 is 0 Å². The van der Waals surface area contributed by atoms with Crippen molar-refractivity contribution in [3.63, 3.8) is 0 Å². The molecule has 2 aliphatic carbocycles. The molecule has 2 fully saturated rings. The number of esters is 1. The van der Waals surface area contributed by atoms with Gasteiger partial charge in [0.05, 0.1) is 5.92 Å². The number of aldehydes is 1. The maximum absolute atomic E-state index is 12.3. The summed E-state index contributed by atoms with van der Waals surface area (Å²) >= 11 is 0. The molecule has 0 aliphatic heterocycles. The van der Waals surface area contributed by atoms with E-state index < -0.39 is 0 Å². The molecule has 0 spiro atoms. The first-order valence-corrected chi connectivity index (χ1v) is 9.53. The van der Waals surface area contributed by atoms with Crippen LogP contribution in [0.1, 0.15) is 77.6 Å². The van der Waals surface area contributed by atoms with Crippen LogP contribution in [-0.2, 0) is 14.3 Å². The van der Waals surface area contributed by atoms with Gasteiger partial charge in [0, 0.05) is 0 Å². The third kappa shape index (κ3) is 6.12. The predicted molar refractivity (Wildman–Crippen MR) is 92.0 cm³/mol. The lowest BCUT2D eigenvalue weighted by atomic mass is 9.80.